The van der Waals surface area contributed by atoms with Crippen molar-refractivity contribution in [3.63, 3.8) is 0 Å². The van der Waals surface area contributed by atoms with Crippen molar-refractivity contribution in [2.45, 2.75) is 23.5 Å². The fraction of sp³-hybridized carbons (Fsp3) is 0.381. The van der Waals surface area contributed by atoms with Crippen LogP contribution >= 0.6 is 11.6 Å². The zero-order valence-electron chi connectivity index (χ0n) is 16.8. The van der Waals surface area contributed by atoms with Crippen LogP contribution in [0.15, 0.2) is 53.4 Å². The largest absolute Gasteiger partial charge is 0.392 e. The molecule has 2 saturated heterocycles. The number of sulfonamides is 1. The van der Waals surface area contributed by atoms with E-state index in [1.165, 1.54) is 24.3 Å². The van der Waals surface area contributed by atoms with Crippen molar-refractivity contribution in [3.8, 4) is 0 Å². The zero-order valence-corrected chi connectivity index (χ0v) is 18.3. The van der Waals surface area contributed by atoms with Gasteiger partial charge in [0.25, 0.3) is 0 Å². The molecule has 2 heterocycles. The van der Waals surface area contributed by atoms with Crippen molar-refractivity contribution in [1.29, 1.82) is 0 Å². The summed E-state index contributed by atoms with van der Waals surface area (Å²) in [5.74, 6) is -0.479. The Morgan fingerprint density at radius 3 is 2.35 bits per heavy atom. The van der Waals surface area contributed by atoms with Crippen molar-refractivity contribution >= 4 is 38.9 Å². The highest BCUT2D eigenvalue weighted by Crippen LogP contribution is 2.28. The van der Waals surface area contributed by atoms with Gasteiger partial charge < -0.3 is 20.1 Å². The topological polar surface area (TPSA) is 99.2 Å². The Hall–Kier alpha value is -2.17. The van der Waals surface area contributed by atoms with Gasteiger partial charge in [-0.3, -0.25) is 4.79 Å². The molecule has 2 aliphatic rings. The van der Waals surface area contributed by atoms with E-state index in [0.717, 1.165) is 23.1 Å². The number of carbonyl (C=O) groups is 1. The summed E-state index contributed by atoms with van der Waals surface area (Å²) in [6.07, 6.45) is -0.883. The van der Waals surface area contributed by atoms with Crippen LogP contribution in [0.2, 0.25) is 5.02 Å². The van der Waals surface area contributed by atoms with Gasteiger partial charge >= 0.3 is 0 Å². The molecule has 2 aliphatic heterocycles. The Balaban J connectivity index is 1.48. The molecule has 0 spiro atoms. The lowest BCUT2D eigenvalue weighted by Crippen LogP contribution is -2.43. The van der Waals surface area contributed by atoms with E-state index in [2.05, 4.69) is 10.2 Å². The number of hydrogen-bond donors (Lipinski definition) is 2. The van der Waals surface area contributed by atoms with Crippen LogP contribution in [0, 0.1) is 0 Å². The van der Waals surface area contributed by atoms with E-state index in [-0.39, 0.29) is 17.9 Å². The summed E-state index contributed by atoms with van der Waals surface area (Å²) in [5, 5.41) is 13.3. The maximum atomic E-state index is 13.1. The number of benzene rings is 2. The molecule has 0 unspecified atom stereocenters. The van der Waals surface area contributed by atoms with Gasteiger partial charge in [-0.2, -0.15) is 4.31 Å². The van der Waals surface area contributed by atoms with Crippen LogP contribution in [0.4, 0.5) is 11.4 Å². The monoisotopic (exact) mass is 465 g/mol. The van der Waals surface area contributed by atoms with E-state index in [1.807, 2.05) is 12.1 Å². The molecular weight excluding hydrogens is 442 g/mol. The van der Waals surface area contributed by atoms with Crippen LogP contribution < -0.4 is 10.2 Å². The molecule has 8 nitrogen and oxygen atoms in total. The van der Waals surface area contributed by atoms with Gasteiger partial charge in [-0.15, -0.1) is 0 Å². The number of β-amino-alcohol motifs (C(OH)–C–C–N with tert-alkyl or cyclic N) is 1. The molecule has 2 aromatic carbocycles. The van der Waals surface area contributed by atoms with Gasteiger partial charge in [0.1, 0.15) is 6.04 Å². The molecule has 0 aliphatic carbocycles. The Bertz CT molecular complexity index is 1020. The number of aliphatic hydroxyl groups excluding tert-OH is 1. The van der Waals surface area contributed by atoms with Crippen LogP contribution in [-0.2, 0) is 19.6 Å². The molecule has 4 rings (SSSR count). The Kier molecular flexibility index (Phi) is 6.49. The third-order valence-electron chi connectivity index (χ3n) is 5.47. The number of amides is 1. The second-order valence-electron chi connectivity index (χ2n) is 7.57. The predicted octanol–water partition coefficient (Wildman–Crippen LogP) is 1.94. The lowest BCUT2D eigenvalue weighted by atomic mass is 10.2. The number of carbonyl (C=O) groups excluding carboxylic acids is 1. The van der Waals surface area contributed by atoms with E-state index in [9.17, 15) is 18.3 Å². The first-order valence-corrected chi connectivity index (χ1v) is 11.9. The lowest BCUT2D eigenvalue weighted by molar-refractivity contribution is -0.119. The minimum absolute atomic E-state index is 0.0265. The second-order valence-corrected chi connectivity index (χ2v) is 9.90. The normalized spacial score (nSPS) is 22.5. The molecule has 0 aromatic heterocycles. The van der Waals surface area contributed by atoms with E-state index >= 15 is 0 Å². The number of morpholine rings is 1. The highest BCUT2D eigenvalue weighted by molar-refractivity contribution is 7.89. The van der Waals surface area contributed by atoms with Gasteiger partial charge in [0.15, 0.2) is 0 Å². The average Bonchev–Trinajstić information content (AvgIpc) is 3.18. The fourth-order valence-electron chi connectivity index (χ4n) is 3.83. The van der Waals surface area contributed by atoms with Crippen molar-refractivity contribution in [3.05, 3.63) is 53.6 Å². The SMILES string of the molecule is O=C(Nc1ccc(N2CCOCC2)cc1)[C@H]1C[C@H](O)CN1S(=O)(=O)c1ccc(Cl)cc1. The number of hydrogen-bond acceptors (Lipinski definition) is 6. The van der Waals surface area contributed by atoms with Gasteiger partial charge in [0.2, 0.25) is 15.9 Å². The minimum atomic E-state index is -3.96. The van der Waals surface area contributed by atoms with Crippen molar-refractivity contribution < 1.29 is 23.1 Å². The molecule has 2 atom stereocenters. The highest BCUT2D eigenvalue weighted by atomic mass is 35.5. The zero-order chi connectivity index (χ0) is 22.0. The first kappa shape index (κ1) is 22.0. The maximum absolute atomic E-state index is 13.1. The molecule has 1 amide bonds. The molecule has 10 heteroatoms. The van der Waals surface area contributed by atoms with E-state index in [4.69, 9.17) is 16.3 Å². The predicted molar refractivity (Wildman–Crippen MR) is 118 cm³/mol. The van der Waals surface area contributed by atoms with E-state index in [1.54, 1.807) is 12.1 Å². The number of nitrogens with zero attached hydrogens (tertiary/aromatic N) is 2. The van der Waals surface area contributed by atoms with E-state index in [0.29, 0.717) is 23.9 Å². The van der Waals surface area contributed by atoms with Gasteiger partial charge in [-0.05, 0) is 48.5 Å². The molecule has 0 radical (unpaired) electrons. The van der Waals surface area contributed by atoms with Crippen LogP contribution in [0.25, 0.3) is 0 Å². The van der Waals surface area contributed by atoms with Crippen molar-refractivity contribution in [2.75, 3.05) is 43.1 Å². The summed E-state index contributed by atoms with van der Waals surface area (Å²) in [6.45, 7) is 2.84. The number of rotatable bonds is 5. The summed E-state index contributed by atoms with van der Waals surface area (Å²) in [5.41, 5.74) is 1.59. The van der Waals surface area contributed by atoms with Crippen molar-refractivity contribution in [2.24, 2.45) is 0 Å². The first-order valence-electron chi connectivity index (χ1n) is 10.0. The lowest BCUT2D eigenvalue weighted by Gasteiger charge is -2.29. The number of nitrogens with one attached hydrogen (secondary N) is 1. The van der Waals surface area contributed by atoms with Crippen LogP contribution in [0.5, 0.6) is 0 Å². The smallest absolute Gasteiger partial charge is 0.243 e. The molecule has 166 valence electrons. The quantitative estimate of drug-likeness (QED) is 0.700. The van der Waals surface area contributed by atoms with Gasteiger partial charge in [0.05, 0.1) is 24.2 Å². The van der Waals surface area contributed by atoms with Crippen molar-refractivity contribution in [1.82, 2.24) is 4.31 Å². The Morgan fingerprint density at radius 2 is 1.71 bits per heavy atom. The third kappa shape index (κ3) is 4.86. The first-order chi connectivity index (χ1) is 14.8. The molecule has 2 fully saturated rings. The van der Waals surface area contributed by atoms with Gasteiger partial charge in [-0.25, -0.2) is 8.42 Å². The standard InChI is InChI=1S/C21H24ClN3O5S/c22-15-1-7-19(8-2-15)31(28,29)25-14-18(26)13-20(25)21(27)23-16-3-5-17(6-4-16)24-9-11-30-12-10-24/h1-8,18,20,26H,9-14H2,(H,23,27)/t18-,20+/m0/s1. The number of aliphatic hydroxyl groups is 1. The summed E-state index contributed by atoms with van der Waals surface area (Å²) >= 11 is 5.85. The number of anilines is 2. The molecule has 2 N–H and O–H groups in total. The summed E-state index contributed by atoms with van der Waals surface area (Å²) in [7, 11) is -3.96. The summed E-state index contributed by atoms with van der Waals surface area (Å²) < 4.78 is 32.5. The summed E-state index contributed by atoms with van der Waals surface area (Å²) in [6, 6.07) is 12.1. The number of halogens is 1. The maximum Gasteiger partial charge on any atom is 0.243 e. The Labute approximate surface area is 186 Å². The van der Waals surface area contributed by atoms with E-state index < -0.39 is 28.1 Å². The van der Waals surface area contributed by atoms with Gasteiger partial charge in [0, 0.05) is 42.5 Å². The fourth-order valence-corrected chi connectivity index (χ4v) is 5.59. The van der Waals surface area contributed by atoms with Gasteiger partial charge in [-0.1, -0.05) is 11.6 Å². The highest BCUT2D eigenvalue weighted by Gasteiger charge is 2.43. The molecule has 31 heavy (non-hydrogen) atoms. The average molecular weight is 466 g/mol. The molecule has 0 saturated carbocycles. The third-order valence-corrected chi connectivity index (χ3v) is 7.61. The molecule has 2 aromatic rings. The second kappa shape index (κ2) is 9.13. The number of ether oxygens (including phenoxy) is 1. The minimum Gasteiger partial charge on any atom is -0.392 e. The van der Waals surface area contributed by atoms with Crippen LogP contribution in [-0.4, -0.2) is 68.7 Å². The van der Waals surface area contributed by atoms with Crippen LogP contribution in [0.1, 0.15) is 6.42 Å². The summed E-state index contributed by atoms with van der Waals surface area (Å²) in [4.78, 5) is 15.1. The Morgan fingerprint density at radius 1 is 1.06 bits per heavy atom. The molecule has 0 bridgehead atoms. The molecular formula is C21H24ClN3O5S. The van der Waals surface area contributed by atoms with Crippen LogP contribution in [0.3, 0.4) is 0 Å².